The monoisotopic (exact) mass is 513 g/mol. The molecule has 11 nitrogen and oxygen atoms in total. The maximum absolute atomic E-state index is 13.6. The summed E-state index contributed by atoms with van der Waals surface area (Å²) in [5.74, 6) is -3.13. The number of aliphatic hydroxyl groups is 2. The van der Waals surface area contributed by atoms with E-state index in [9.17, 15) is 34.8 Å². The molecule has 1 saturated heterocycles. The van der Waals surface area contributed by atoms with Gasteiger partial charge in [0.1, 0.15) is 29.1 Å². The van der Waals surface area contributed by atoms with Crippen LogP contribution >= 0.6 is 0 Å². The van der Waals surface area contributed by atoms with E-state index < -0.39 is 59.8 Å². The molecular formula is C26H27NO10. The Morgan fingerprint density at radius 2 is 1.76 bits per heavy atom. The molecule has 0 radical (unpaired) electrons. The fourth-order valence-electron chi connectivity index (χ4n) is 5.45. The van der Waals surface area contributed by atoms with E-state index in [1.165, 1.54) is 26.2 Å². The molecule has 11 heteroatoms. The number of carbonyl (C=O) groups is 3. The molecule has 0 saturated carbocycles. The minimum Gasteiger partial charge on any atom is -0.507 e. The SMILES string of the molecule is COc1cccc2c1C(=O)c1c(O)c3c(c(O)c1C2=O)CC(C(C)=O)CC3OC1C[C@H](N)[C@H](O)[C@H](O)O1. The summed E-state index contributed by atoms with van der Waals surface area (Å²) in [7, 11) is 1.35. The zero-order chi connectivity index (χ0) is 26.8. The number of hydrogen-bond donors (Lipinski definition) is 5. The number of phenolic OH excluding ortho intramolecular Hbond substituents is 2. The van der Waals surface area contributed by atoms with E-state index in [1.54, 1.807) is 6.07 Å². The highest BCUT2D eigenvalue weighted by molar-refractivity contribution is 6.31. The van der Waals surface area contributed by atoms with Crippen molar-refractivity contribution in [2.75, 3.05) is 7.11 Å². The van der Waals surface area contributed by atoms with Gasteiger partial charge >= 0.3 is 0 Å². The van der Waals surface area contributed by atoms with Gasteiger partial charge in [0.25, 0.3) is 0 Å². The maximum atomic E-state index is 13.6. The van der Waals surface area contributed by atoms with Crippen LogP contribution in [0.4, 0.5) is 0 Å². The lowest BCUT2D eigenvalue weighted by Crippen LogP contribution is -2.53. The Morgan fingerprint density at radius 3 is 2.41 bits per heavy atom. The van der Waals surface area contributed by atoms with Crippen molar-refractivity contribution in [1.29, 1.82) is 0 Å². The smallest absolute Gasteiger partial charge is 0.202 e. The lowest BCUT2D eigenvalue weighted by Gasteiger charge is -2.39. The number of aromatic hydroxyl groups is 2. The number of ether oxygens (including phenoxy) is 3. The summed E-state index contributed by atoms with van der Waals surface area (Å²) in [6, 6.07) is 3.62. The van der Waals surface area contributed by atoms with Crippen LogP contribution in [-0.4, -0.2) is 69.6 Å². The van der Waals surface area contributed by atoms with Crippen LogP contribution in [0.2, 0.25) is 0 Å². The van der Waals surface area contributed by atoms with E-state index >= 15 is 0 Å². The number of Topliss-reactive ketones (excluding diaryl/α,β-unsaturated/α-hetero) is 1. The van der Waals surface area contributed by atoms with Crippen LogP contribution in [0.15, 0.2) is 18.2 Å². The minimum absolute atomic E-state index is 0.00548. The second-order valence-electron chi connectivity index (χ2n) is 9.60. The van der Waals surface area contributed by atoms with Gasteiger partial charge in [0.2, 0.25) is 5.78 Å². The van der Waals surface area contributed by atoms with E-state index in [2.05, 4.69) is 0 Å². The number of methoxy groups -OCH3 is 1. The van der Waals surface area contributed by atoms with Gasteiger partial charge in [0.15, 0.2) is 18.4 Å². The van der Waals surface area contributed by atoms with Crippen molar-refractivity contribution in [1.82, 2.24) is 0 Å². The average Bonchev–Trinajstić information content (AvgIpc) is 2.86. The minimum atomic E-state index is -1.62. The molecule has 1 aliphatic heterocycles. The van der Waals surface area contributed by atoms with E-state index in [4.69, 9.17) is 19.9 Å². The summed E-state index contributed by atoms with van der Waals surface area (Å²) < 4.78 is 16.6. The lowest BCUT2D eigenvalue weighted by molar-refractivity contribution is -0.299. The van der Waals surface area contributed by atoms with E-state index in [1.807, 2.05) is 0 Å². The van der Waals surface area contributed by atoms with Gasteiger partial charge in [0, 0.05) is 35.1 Å². The first kappa shape index (κ1) is 25.3. The number of nitrogens with two attached hydrogens (primary N) is 1. The third-order valence-electron chi connectivity index (χ3n) is 7.41. The number of carbonyl (C=O) groups excluding carboxylic acids is 3. The molecule has 0 bridgehead atoms. The molecule has 0 spiro atoms. The number of rotatable bonds is 4. The average molecular weight is 513 g/mol. The third kappa shape index (κ3) is 3.90. The second-order valence-corrected chi connectivity index (χ2v) is 9.60. The van der Waals surface area contributed by atoms with E-state index in [-0.39, 0.29) is 64.2 Å². The highest BCUT2D eigenvalue weighted by Crippen LogP contribution is 2.51. The van der Waals surface area contributed by atoms with Gasteiger partial charge in [-0.3, -0.25) is 14.4 Å². The molecule has 2 aromatic rings. The van der Waals surface area contributed by atoms with Gasteiger partial charge in [-0.05, 0) is 25.8 Å². The largest absolute Gasteiger partial charge is 0.507 e. The zero-order valence-corrected chi connectivity index (χ0v) is 20.1. The first-order valence-electron chi connectivity index (χ1n) is 11.8. The standard InChI is InChI=1S/C26H27NO10/c1-9(28)10-6-12-18(15(7-10)36-16-8-13(27)23(31)26(34)37-16)25(33)20-19(22(12)30)21(29)11-4-3-5-14(35-2)17(11)24(20)32/h3-5,10,13,15-16,23,26,30-31,33-34H,6-8,27H2,1-2H3/t10?,13-,15?,16?,23-,26+/m0/s1. The number of ketones is 3. The predicted octanol–water partition coefficient (Wildman–Crippen LogP) is 0.844. The third-order valence-corrected chi connectivity index (χ3v) is 7.41. The van der Waals surface area contributed by atoms with Crippen LogP contribution in [0.3, 0.4) is 0 Å². The molecule has 196 valence electrons. The fourth-order valence-corrected chi connectivity index (χ4v) is 5.45. The summed E-state index contributed by atoms with van der Waals surface area (Å²) in [5, 5.41) is 42.5. The molecule has 1 heterocycles. The van der Waals surface area contributed by atoms with Gasteiger partial charge in [-0.25, -0.2) is 0 Å². The van der Waals surface area contributed by atoms with Crippen LogP contribution in [-0.2, 0) is 20.7 Å². The van der Waals surface area contributed by atoms with Crippen molar-refractivity contribution in [3.8, 4) is 17.2 Å². The molecule has 6 atom stereocenters. The van der Waals surface area contributed by atoms with E-state index in [0.717, 1.165) is 0 Å². The Labute approximate surface area is 211 Å². The van der Waals surface area contributed by atoms with Crippen molar-refractivity contribution in [3.05, 3.63) is 51.6 Å². The zero-order valence-electron chi connectivity index (χ0n) is 20.1. The molecular weight excluding hydrogens is 486 g/mol. The number of phenols is 2. The van der Waals surface area contributed by atoms with Crippen LogP contribution < -0.4 is 10.5 Å². The van der Waals surface area contributed by atoms with Crippen molar-refractivity contribution in [3.63, 3.8) is 0 Å². The van der Waals surface area contributed by atoms with Gasteiger partial charge < -0.3 is 40.4 Å². The fraction of sp³-hybridized carbons (Fsp3) is 0.423. The quantitative estimate of drug-likeness (QED) is 0.311. The Hall–Kier alpha value is -3.35. The van der Waals surface area contributed by atoms with Crippen LogP contribution in [0.1, 0.15) is 68.8 Å². The van der Waals surface area contributed by atoms with Crippen molar-refractivity contribution in [2.45, 2.75) is 57.0 Å². The summed E-state index contributed by atoms with van der Waals surface area (Å²) in [6.45, 7) is 1.38. The molecule has 2 aliphatic carbocycles. The molecule has 0 amide bonds. The molecule has 1 fully saturated rings. The molecule has 3 aliphatic rings. The van der Waals surface area contributed by atoms with Crippen LogP contribution in [0.5, 0.6) is 17.2 Å². The molecule has 37 heavy (non-hydrogen) atoms. The highest BCUT2D eigenvalue weighted by atomic mass is 16.7. The molecule has 3 unspecified atom stereocenters. The van der Waals surface area contributed by atoms with Crippen molar-refractivity contribution >= 4 is 17.3 Å². The topological polar surface area (TPSA) is 186 Å². The number of aliphatic hydroxyl groups excluding tert-OH is 2. The highest BCUT2D eigenvalue weighted by Gasteiger charge is 2.45. The van der Waals surface area contributed by atoms with Gasteiger partial charge in [-0.1, -0.05) is 12.1 Å². The predicted molar refractivity (Wildman–Crippen MR) is 125 cm³/mol. The number of benzene rings is 2. The Bertz CT molecular complexity index is 1310. The van der Waals surface area contributed by atoms with Gasteiger partial charge in [0.05, 0.1) is 29.9 Å². The normalized spacial score (nSPS) is 28.8. The molecule has 0 aromatic heterocycles. The Kier molecular flexibility index (Phi) is 6.29. The molecule has 5 rings (SSSR count). The van der Waals surface area contributed by atoms with Crippen molar-refractivity contribution in [2.24, 2.45) is 11.7 Å². The van der Waals surface area contributed by atoms with Gasteiger partial charge in [-0.15, -0.1) is 0 Å². The first-order chi connectivity index (χ1) is 17.5. The maximum Gasteiger partial charge on any atom is 0.202 e. The number of hydrogen-bond acceptors (Lipinski definition) is 11. The van der Waals surface area contributed by atoms with Crippen LogP contribution in [0, 0.1) is 5.92 Å². The summed E-state index contributed by atoms with van der Waals surface area (Å²) in [5.41, 5.74) is 5.29. The first-order valence-corrected chi connectivity index (χ1v) is 11.8. The van der Waals surface area contributed by atoms with Crippen molar-refractivity contribution < 1.29 is 49.0 Å². The van der Waals surface area contributed by atoms with Gasteiger partial charge in [-0.2, -0.15) is 0 Å². The van der Waals surface area contributed by atoms with Crippen LogP contribution in [0.25, 0.3) is 0 Å². The lowest BCUT2D eigenvalue weighted by atomic mass is 9.74. The Morgan fingerprint density at radius 1 is 1.05 bits per heavy atom. The summed E-state index contributed by atoms with van der Waals surface area (Å²) in [4.78, 5) is 39.4. The Balaban J connectivity index is 1.65. The summed E-state index contributed by atoms with van der Waals surface area (Å²) in [6.07, 6.45) is -5.04. The number of fused-ring (bicyclic) bond motifs is 3. The second kappa shape index (κ2) is 9.19. The molecule has 2 aromatic carbocycles. The summed E-state index contributed by atoms with van der Waals surface area (Å²) >= 11 is 0. The van der Waals surface area contributed by atoms with E-state index in [0.29, 0.717) is 0 Å². The molecule has 6 N–H and O–H groups in total.